The van der Waals surface area contributed by atoms with E-state index in [4.69, 9.17) is 4.74 Å². The Hall–Kier alpha value is -2.81. The Morgan fingerprint density at radius 3 is 2.78 bits per heavy atom. The summed E-state index contributed by atoms with van der Waals surface area (Å²) >= 11 is 3.47. The Morgan fingerprint density at radius 1 is 1.22 bits per heavy atom. The van der Waals surface area contributed by atoms with Crippen LogP contribution in [0.1, 0.15) is 43.9 Å². The predicted molar refractivity (Wildman–Crippen MR) is 143 cm³/mol. The second-order valence-electron chi connectivity index (χ2n) is 9.94. The van der Waals surface area contributed by atoms with Crippen LogP contribution in [0.15, 0.2) is 58.2 Å². The predicted octanol–water partition coefficient (Wildman–Crippen LogP) is 4.59. The van der Waals surface area contributed by atoms with Gasteiger partial charge in [-0.1, -0.05) is 28.9 Å². The summed E-state index contributed by atoms with van der Waals surface area (Å²) in [7, 11) is 0. The summed E-state index contributed by atoms with van der Waals surface area (Å²) in [6.07, 6.45) is 5.81. The number of rotatable bonds is 8. The van der Waals surface area contributed by atoms with Crippen LogP contribution >= 0.6 is 15.9 Å². The third-order valence-corrected chi connectivity index (χ3v) is 8.22. The van der Waals surface area contributed by atoms with Crippen molar-refractivity contribution in [1.29, 1.82) is 0 Å². The number of carbonyl (C=O) groups is 2. The molecule has 0 bridgehead atoms. The molecule has 2 amide bonds. The van der Waals surface area contributed by atoms with E-state index in [0.717, 1.165) is 33.3 Å². The van der Waals surface area contributed by atoms with E-state index in [1.807, 2.05) is 37.3 Å². The molecule has 7 nitrogen and oxygen atoms in total. The first-order valence-corrected chi connectivity index (χ1v) is 13.6. The van der Waals surface area contributed by atoms with E-state index in [1.165, 1.54) is 4.90 Å². The van der Waals surface area contributed by atoms with Crippen LogP contribution in [0, 0.1) is 17.8 Å². The third kappa shape index (κ3) is 4.90. The van der Waals surface area contributed by atoms with Crippen LogP contribution in [-0.2, 0) is 14.3 Å². The molecular weight excluding hydrogens is 536 g/mol. The van der Waals surface area contributed by atoms with Gasteiger partial charge in [0.2, 0.25) is 11.8 Å². The lowest BCUT2D eigenvalue weighted by Crippen LogP contribution is -2.35. The third-order valence-electron chi connectivity index (χ3n) is 7.73. The average Bonchev–Trinajstić information content (AvgIpc) is 3.43. The number of phenolic OH excluding ortho intramolecular Hbond substituents is 1. The Bertz CT molecular complexity index is 1260. The van der Waals surface area contributed by atoms with Crippen molar-refractivity contribution in [3.8, 4) is 5.75 Å². The molecule has 0 radical (unpaired) electrons. The fourth-order valence-electron chi connectivity index (χ4n) is 6.07. The topological polar surface area (TPSA) is 100.0 Å². The number of benzene rings is 1. The molecule has 1 aliphatic carbocycles. The number of amides is 2. The zero-order valence-electron chi connectivity index (χ0n) is 20.8. The number of ether oxygens (including phenoxy) is 1. The number of aromatic hydroxyl groups is 1. The summed E-state index contributed by atoms with van der Waals surface area (Å²) in [5.74, 6) is -1.02. The first-order valence-electron chi connectivity index (χ1n) is 12.8. The molecule has 2 fully saturated rings. The number of imide groups is 1. The van der Waals surface area contributed by atoms with Gasteiger partial charge < -0.3 is 14.9 Å². The Balaban J connectivity index is 1.42. The number of pyridine rings is 1. The van der Waals surface area contributed by atoms with Crippen LogP contribution in [-0.4, -0.2) is 57.8 Å². The SMILES string of the molecule is CCCN1C(=O)[C@@H]2[C@@H](CC(CO)=C3[C@@H](CC/C(=C/c4cc(Br)ccc4O)c4ccccn4)OC[C@@H]32)C1=O. The van der Waals surface area contributed by atoms with E-state index in [0.29, 0.717) is 38.0 Å². The van der Waals surface area contributed by atoms with Gasteiger partial charge in [-0.25, -0.2) is 0 Å². The van der Waals surface area contributed by atoms with Crippen molar-refractivity contribution in [2.24, 2.45) is 17.8 Å². The van der Waals surface area contributed by atoms with E-state index in [9.17, 15) is 19.8 Å². The highest BCUT2D eigenvalue weighted by Crippen LogP contribution is 2.50. The van der Waals surface area contributed by atoms with Gasteiger partial charge in [-0.3, -0.25) is 19.5 Å². The van der Waals surface area contributed by atoms with Crippen LogP contribution in [0.2, 0.25) is 0 Å². The normalized spacial score (nSPS) is 25.6. The number of phenols is 1. The van der Waals surface area contributed by atoms with E-state index in [2.05, 4.69) is 20.9 Å². The molecule has 4 atom stereocenters. The first kappa shape index (κ1) is 25.8. The number of carbonyl (C=O) groups excluding carboxylic acids is 2. The molecule has 2 N–H and O–H groups in total. The van der Waals surface area contributed by atoms with Crippen LogP contribution < -0.4 is 0 Å². The number of fused-ring (bicyclic) bond motifs is 3. The zero-order valence-corrected chi connectivity index (χ0v) is 22.4. The lowest BCUT2D eigenvalue weighted by Gasteiger charge is -2.31. The molecule has 194 valence electrons. The molecule has 37 heavy (non-hydrogen) atoms. The lowest BCUT2D eigenvalue weighted by atomic mass is 9.69. The maximum Gasteiger partial charge on any atom is 0.233 e. The molecular formula is C29H31BrN2O5. The van der Waals surface area contributed by atoms with Crippen LogP contribution in [0.3, 0.4) is 0 Å². The maximum atomic E-state index is 13.2. The Labute approximate surface area is 225 Å². The number of likely N-dealkylation sites (tertiary alicyclic amines) is 1. The minimum absolute atomic E-state index is 0.0974. The molecule has 1 aromatic carbocycles. The number of halogens is 1. The van der Waals surface area contributed by atoms with Gasteiger partial charge in [0.1, 0.15) is 5.75 Å². The molecule has 3 aliphatic rings. The van der Waals surface area contributed by atoms with Gasteiger partial charge in [0.05, 0.1) is 36.8 Å². The molecule has 8 heteroatoms. The van der Waals surface area contributed by atoms with Crippen LogP contribution in [0.4, 0.5) is 0 Å². The van der Waals surface area contributed by atoms with Crippen molar-refractivity contribution in [3.05, 3.63) is 69.5 Å². The average molecular weight is 567 g/mol. The number of nitrogens with zero attached hydrogens (tertiary/aromatic N) is 2. The van der Waals surface area contributed by atoms with E-state index < -0.39 is 11.8 Å². The second-order valence-corrected chi connectivity index (χ2v) is 10.9. The van der Waals surface area contributed by atoms with Gasteiger partial charge in [-0.05, 0) is 78.8 Å². The number of aliphatic hydroxyl groups excluding tert-OH is 1. The van der Waals surface area contributed by atoms with Gasteiger partial charge in [-0.15, -0.1) is 0 Å². The van der Waals surface area contributed by atoms with Crippen molar-refractivity contribution in [3.63, 3.8) is 0 Å². The Morgan fingerprint density at radius 2 is 2.05 bits per heavy atom. The minimum atomic E-state index is -0.404. The molecule has 0 spiro atoms. The second kappa shape index (κ2) is 10.9. The van der Waals surface area contributed by atoms with Crippen LogP contribution in [0.25, 0.3) is 11.6 Å². The maximum absolute atomic E-state index is 13.2. The van der Waals surface area contributed by atoms with Gasteiger partial charge >= 0.3 is 0 Å². The number of hydrogen-bond acceptors (Lipinski definition) is 6. The summed E-state index contributed by atoms with van der Waals surface area (Å²) in [6.45, 7) is 2.63. The lowest BCUT2D eigenvalue weighted by molar-refractivity contribution is -0.140. The minimum Gasteiger partial charge on any atom is -0.507 e. The summed E-state index contributed by atoms with van der Waals surface area (Å²) in [6, 6.07) is 11.0. The fourth-order valence-corrected chi connectivity index (χ4v) is 6.45. The molecule has 2 saturated heterocycles. The number of aromatic nitrogens is 1. The highest BCUT2D eigenvalue weighted by atomic mass is 79.9. The number of aliphatic hydroxyl groups is 1. The van der Waals surface area contributed by atoms with Gasteiger partial charge in [0.15, 0.2) is 0 Å². The molecule has 5 rings (SSSR count). The van der Waals surface area contributed by atoms with Crippen molar-refractivity contribution >= 4 is 39.4 Å². The summed E-state index contributed by atoms with van der Waals surface area (Å²) in [5, 5.41) is 20.6. The standard InChI is InChI=1S/C29H31BrN2O5/c1-2-11-32-28(35)21-14-19(15-33)26-22(27(21)29(32)36)16-37-25(26)9-6-17(23-5-3-4-10-31-23)12-18-13-20(30)7-8-24(18)34/h3-5,7-8,10,12-13,21-22,25,27,33-34H,2,6,9,11,14-16H2,1H3/b17-12-/t21-,22+,25-,27-/m1/s1. The quantitative estimate of drug-likeness (QED) is 0.358. The smallest absolute Gasteiger partial charge is 0.233 e. The highest BCUT2D eigenvalue weighted by Gasteiger charge is 2.56. The fraction of sp³-hybridized carbons (Fsp3) is 0.414. The highest BCUT2D eigenvalue weighted by molar-refractivity contribution is 9.10. The van der Waals surface area contributed by atoms with Crippen molar-refractivity contribution < 1.29 is 24.5 Å². The van der Waals surface area contributed by atoms with Crippen molar-refractivity contribution in [2.45, 2.75) is 38.7 Å². The number of hydrogen-bond donors (Lipinski definition) is 2. The molecule has 1 aromatic heterocycles. The number of allylic oxidation sites excluding steroid dienone is 1. The van der Waals surface area contributed by atoms with E-state index in [1.54, 1.807) is 18.3 Å². The monoisotopic (exact) mass is 566 g/mol. The van der Waals surface area contributed by atoms with Gasteiger partial charge in [0, 0.05) is 28.7 Å². The van der Waals surface area contributed by atoms with Crippen molar-refractivity contribution in [1.82, 2.24) is 9.88 Å². The van der Waals surface area contributed by atoms with Gasteiger partial charge in [-0.2, -0.15) is 0 Å². The zero-order chi connectivity index (χ0) is 26.1. The molecule has 3 heterocycles. The molecule has 2 aromatic rings. The van der Waals surface area contributed by atoms with Crippen molar-refractivity contribution in [2.75, 3.05) is 19.8 Å². The summed E-state index contributed by atoms with van der Waals surface area (Å²) in [4.78, 5) is 32.1. The van der Waals surface area contributed by atoms with Crippen LogP contribution in [0.5, 0.6) is 5.75 Å². The van der Waals surface area contributed by atoms with Gasteiger partial charge in [0.25, 0.3) is 0 Å². The molecule has 0 saturated carbocycles. The molecule has 2 aliphatic heterocycles. The summed E-state index contributed by atoms with van der Waals surface area (Å²) < 4.78 is 7.11. The van der Waals surface area contributed by atoms with E-state index >= 15 is 0 Å². The first-order chi connectivity index (χ1) is 17.9. The largest absolute Gasteiger partial charge is 0.507 e. The summed E-state index contributed by atoms with van der Waals surface area (Å²) in [5.41, 5.74) is 4.27. The molecule has 0 unspecified atom stereocenters. The Kier molecular flexibility index (Phi) is 7.60. The van der Waals surface area contributed by atoms with E-state index in [-0.39, 0.29) is 36.2 Å².